The molecule has 11 nitrogen and oxygen atoms in total. The van der Waals surface area contributed by atoms with Crippen LogP contribution in [0.2, 0.25) is 0 Å². The summed E-state index contributed by atoms with van der Waals surface area (Å²) in [6.45, 7) is 1.94. The predicted octanol–water partition coefficient (Wildman–Crippen LogP) is 10.4. The van der Waals surface area contributed by atoms with E-state index in [1.165, 1.54) is 18.2 Å². The number of nitrogens with one attached hydrogen (secondary N) is 1. The summed E-state index contributed by atoms with van der Waals surface area (Å²) in [5.74, 6) is 0.874. The van der Waals surface area contributed by atoms with Gasteiger partial charge < -0.3 is 0 Å². The van der Waals surface area contributed by atoms with Gasteiger partial charge in [0.1, 0.15) is 0 Å². The van der Waals surface area contributed by atoms with Crippen molar-refractivity contribution in [2.24, 2.45) is 4.74 Å². The molecule has 0 saturated carbocycles. The zero-order valence-electron chi connectivity index (χ0n) is 30.1. The van der Waals surface area contributed by atoms with Crippen molar-refractivity contribution in [2.45, 2.75) is 24.3 Å². The maximum absolute atomic E-state index is 10.7. The van der Waals surface area contributed by atoms with Crippen LogP contribution in [0.4, 0.5) is 0 Å². The third-order valence-corrected chi connectivity index (χ3v) is 20.4. The minimum absolute atomic E-state index is 0.165. The van der Waals surface area contributed by atoms with Gasteiger partial charge in [-0.25, -0.2) is 0 Å². The Labute approximate surface area is 321 Å². The molecule has 284 valence electrons. The number of rotatable bonds is 12. The van der Waals surface area contributed by atoms with Crippen molar-refractivity contribution in [3.8, 4) is 46.0 Å². The number of fused-ring (bicyclic) bond motifs is 1. The van der Waals surface area contributed by atoms with Crippen molar-refractivity contribution in [3.05, 3.63) is 170 Å². The average Bonchev–Trinajstić information content (AvgIpc) is 3.74. The van der Waals surface area contributed by atoms with E-state index < -0.39 is 40.6 Å². The molecule has 55 heavy (non-hydrogen) atoms. The van der Waals surface area contributed by atoms with Crippen LogP contribution in [0.5, 0.6) is 46.0 Å². The fraction of sp³-hybridized carbons (Fsp3) is 0.122. The zero-order valence-corrected chi connectivity index (χ0v) is 33.0. The van der Waals surface area contributed by atoms with Crippen LogP contribution in [-0.4, -0.2) is 39.1 Å². The molecule has 0 aliphatic carbocycles. The average molecular weight is 798 g/mol. The van der Waals surface area contributed by atoms with Crippen LogP contribution in [0.3, 0.4) is 0 Å². The van der Waals surface area contributed by atoms with Crippen molar-refractivity contribution in [3.63, 3.8) is 0 Å². The van der Waals surface area contributed by atoms with Crippen LogP contribution in [0.25, 0.3) is 0 Å². The zero-order chi connectivity index (χ0) is 37.9. The topological polar surface area (TPSA) is 123 Å². The number of phenolic OH excluding ortho intramolecular Hbond substituents is 2. The molecule has 4 atom stereocenters. The number of nitrogens with zero attached hydrogens (tertiary/aromatic N) is 2. The minimum atomic E-state index is -4.16. The fourth-order valence-corrected chi connectivity index (χ4v) is 19.1. The van der Waals surface area contributed by atoms with Crippen molar-refractivity contribution in [1.82, 2.24) is 9.53 Å². The molecular weight excluding hydrogens is 755 g/mol. The summed E-state index contributed by atoms with van der Waals surface area (Å²) in [6, 6.07) is 51.5. The van der Waals surface area contributed by atoms with Gasteiger partial charge in [0.15, 0.2) is 0 Å². The fourth-order valence-electron chi connectivity index (χ4n) is 6.55. The molecule has 0 spiro atoms. The molecule has 2 aliphatic heterocycles. The van der Waals surface area contributed by atoms with E-state index in [0.29, 0.717) is 28.7 Å². The van der Waals surface area contributed by atoms with E-state index in [-0.39, 0.29) is 17.2 Å². The van der Waals surface area contributed by atoms with Gasteiger partial charge in [0, 0.05) is 0 Å². The molecule has 1 fully saturated rings. The Hall–Kier alpha value is -5.27. The molecule has 6 aromatic carbocycles. The molecule has 14 heteroatoms. The summed E-state index contributed by atoms with van der Waals surface area (Å²) in [4.78, 5) is 0. The second-order valence-corrected chi connectivity index (χ2v) is 22.1. The molecule has 2 aliphatic rings. The summed E-state index contributed by atoms with van der Waals surface area (Å²) in [5.41, 5.74) is 0. The molecule has 8 rings (SSSR count). The van der Waals surface area contributed by atoms with E-state index in [9.17, 15) is 10.2 Å². The van der Waals surface area contributed by atoms with Gasteiger partial charge in [-0.2, -0.15) is 0 Å². The van der Waals surface area contributed by atoms with Gasteiger partial charge >= 0.3 is 322 Å². The molecule has 0 bridgehead atoms. The van der Waals surface area contributed by atoms with Crippen molar-refractivity contribution < 1.29 is 37.6 Å². The van der Waals surface area contributed by atoms with Gasteiger partial charge in [-0.15, -0.1) is 0 Å². The quantitative estimate of drug-likeness (QED) is 0.103. The molecule has 2 heterocycles. The van der Waals surface area contributed by atoms with Crippen molar-refractivity contribution in [1.29, 1.82) is 0 Å². The predicted molar refractivity (Wildman–Crippen MR) is 220 cm³/mol. The van der Waals surface area contributed by atoms with Crippen LogP contribution >= 0.6 is 23.2 Å². The number of ether oxygens (including phenoxy) is 1. The summed E-state index contributed by atoms with van der Waals surface area (Å²) in [5, 5.41) is 25.2. The number of hydrogen-bond donors (Lipinski definition) is 3. The van der Waals surface area contributed by atoms with E-state index in [4.69, 9.17) is 32.1 Å². The Bertz CT molecular complexity index is 2200. The Kier molecular flexibility index (Phi) is 10.3. The van der Waals surface area contributed by atoms with Gasteiger partial charge in [-0.3, -0.25) is 0 Å². The molecule has 3 N–H and O–H groups in total. The van der Waals surface area contributed by atoms with Crippen LogP contribution in [-0.2, 0) is 0 Å². The molecule has 4 unspecified atom stereocenters. The first-order valence-electron chi connectivity index (χ1n) is 17.8. The van der Waals surface area contributed by atoms with Crippen molar-refractivity contribution >= 4 is 23.2 Å². The number of phenols is 2. The van der Waals surface area contributed by atoms with E-state index in [0.717, 1.165) is 0 Å². The first-order valence-corrected chi connectivity index (χ1v) is 23.2. The van der Waals surface area contributed by atoms with E-state index in [2.05, 4.69) is 5.09 Å². The normalized spacial score (nSPS) is 23.5. The second-order valence-electron chi connectivity index (χ2n) is 13.1. The summed E-state index contributed by atoms with van der Waals surface area (Å²) in [7, 11) is -9.46. The summed E-state index contributed by atoms with van der Waals surface area (Å²) in [6.07, 6.45) is 0. The van der Waals surface area contributed by atoms with Crippen molar-refractivity contribution in [2.75, 3.05) is 7.05 Å². The number of para-hydroxylation sites is 5. The van der Waals surface area contributed by atoms with Gasteiger partial charge in [-0.05, 0) is 0 Å². The third kappa shape index (κ3) is 7.68. The number of aromatic hydroxyl groups is 2. The third-order valence-electron chi connectivity index (χ3n) is 9.21. The van der Waals surface area contributed by atoms with E-state index in [1.807, 2.05) is 170 Å². The van der Waals surface area contributed by atoms with Crippen LogP contribution in [0, 0.1) is 0 Å². The maximum atomic E-state index is 10.7. The summed E-state index contributed by atoms with van der Waals surface area (Å²) >= 11 is 0. The standard InChI is InChI=1S/C41H42N3O8P3/c1-31-42-53(48-35-20-10-4-11-21-35)40(41(53)47-34-18-8-3-9-19-34)43-55(51-37-24-14-6-15-25-37,52-38-26-16-7-17-27-38)44(2)54(31,49-36-22-12-5-13-23-36)50-39-29-32(45)28-33(46)30-39/h3-31,40-41,43,45-46,54-55H,1-2H3. The molecule has 6 aromatic rings. The molecule has 0 amide bonds. The van der Waals surface area contributed by atoms with Gasteiger partial charge in [-0.1, -0.05) is 0 Å². The first-order chi connectivity index (χ1) is 26.8. The number of hydrogen-bond acceptors (Lipinski definition) is 11. The van der Waals surface area contributed by atoms with Crippen LogP contribution in [0.15, 0.2) is 175 Å². The first kappa shape index (κ1) is 36.7. The molecule has 0 radical (unpaired) electrons. The Morgan fingerprint density at radius 3 is 1.47 bits per heavy atom. The van der Waals surface area contributed by atoms with E-state index in [1.54, 1.807) is 0 Å². The Morgan fingerprint density at radius 2 is 0.982 bits per heavy atom. The molecular formula is C41H42N3O8P3. The Balaban J connectivity index is 1.40. The van der Waals surface area contributed by atoms with E-state index >= 15 is 0 Å². The molecule has 1 saturated heterocycles. The summed E-state index contributed by atoms with van der Waals surface area (Å²) < 4.78 is 50.0. The number of benzene rings is 6. The van der Waals surface area contributed by atoms with Crippen LogP contribution in [0.1, 0.15) is 6.92 Å². The Morgan fingerprint density at radius 1 is 0.564 bits per heavy atom. The molecule has 0 aromatic heterocycles. The monoisotopic (exact) mass is 797 g/mol. The van der Waals surface area contributed by atoms with Gasteiger partial charge in [0.2, 0.25) is 0 Å². The van der Waals surface area contributed by atoms with Gasteiger partial charge in [0.25, 0.3) is 0 Å². The van der Waals surface area contributed by atoms with Gasteiger partial charge in [0.05, 0.1) is 0 Å². The van der Waals surface area contributed by atoms with Crippen LogP contribution < -0.4 is 32.4 Å². The SMILES string of the molecule is CC1N=P2(Oc3ccccc3)C(N[PH](Oc3ccccc3)(Oc3ccccc3)N(C)[PH]1(Oc1ccccc1)Oc1cc(O)cc(O)c1)C2Oc1ccccc1. The second kappa shape index (κ2) is 15.5.